The lowest BCUT2D eigenvalue weighted by Crippen LogP contribution is -2.32. The van der Waals surface area contributed by atoms with E-state index in [0.29, 0.717) is 13.1 Å². The molecule has 1 aliphatic heterocycles. The molecule has 3 aromatic rings. The van der Waals surface area contributed by atoms with E-state index >= 15 is 0 Å². The molecule has 4 rings (SSSR count). The van der Waals surface area contributed by atoms with E-state index in [0.717, 1.165) is 33.9 Å². The Hall–Kier alpha value is -3.41. The van der Waals surface area contributed by atoms with Crippen LogP contribution in [0.5, 0.6) is 0 Å². The molecular formula is C24H26N4O2. The van der Waals surface area contributed by atoms with Crippen LogP contribution in [0.1, 0.15) is 28.9 Å². The predicted molar refractivity (Wildman–Crippen MR) is 117 cm³/mol. The summed E-state index contributed by atoms with van der Waals surface area (Å²) in [5.41, 5.74) is 5.87. The highest BCUT2D eigenvalue weighted by Gasteiger charge is 2.35. The Morgan fingerprint density at radius 2 is 1.73 bits per heavy atom. The van der Waals surface area contributed by atoms with Crippen LogP contribution in [-0.4, -0.2) is 28.1 Å². The molecule has 2 aromatic carbocycles. The maximum atomic E-state index is 12.8. The van der Waals surface area contributed by atoms with Crippen LogP contribution in [0, 0.1) is 26.7 Å². The summed E-state index contributed by atoms with van der Waals surface area (Å²) in [5.74, 6) is -0.448. The van der Waals surface area contributed by atoms with Gasteiger partial charge < -0.3 is 10.2 Å². The van der Waals surface area contributed by atoms with Crippen molar-refractivity contribution in [2.24, 2.45) is 5.92 Å². The van der Waals surface area contributed by atoms with Gasteiger partial charge in [-0.3, -0.25) is 9.59 Å². The van der Waals surface area contributed by atoms with E-state index in [-0.39, 0.29) is 24.2 Å². The number of rotatable bonds is 5. The van der Waals surface area contributed by atoms with Gasteiger partial charge in [0.2, 0.25) is 11.8 Å². The molecule has 6 nitrogen and oxygen atoms in total. The maximum absolute atomic E-state index is 12.8. The molecule has 1 aliphatic rings. The average molecular weight is 402 g/mol. The van der Waals surface area contributed by atoms with Crippen LogP contribution in [0.4, 0.5) is 5.69 Å². The first-order valence-electron chi connectivity index (χ1n) is 10.2. The zero-order valence-electron chi connectivity index (χ0n) is 17.6. The van der Waals surface area contributed by atoms with Crippen molar-refractivity contribution >= 4 is 17.5 Å². The number of amides is 2. The molecule has 1 fully saturated rings. The van der Waals surface area contributed by atoms with E-state index in [2.05, 4.69) is 10.4 Å². The SMILES string of the molecule is Cc1ccc(N2C[C@H](C(=O)NCc3c(C)nn(-c4ccccc4)c3C)CC2=O)cc1. The van der Waals surface area contributed by atoms with Gasteiger partial charge in [0.1, 0.15) is 0 Å². The van der Waals surface area contributed by atoms with Gasteiger partial charge in [-0.2, -0.15) is 5.10 Å². The second-order valence-electron chi connectivity index (χ2n) is 7.86. The molecule has 0 bridgehead atoms. The Kier molecular flexibility index (Phi) is 5.40. The largest absolute Gasteiger partial charge is 0.352 e. The summed E-state index contributed by atoms with van der Waals surface area (Å²) in [6, 6.07) is 17.7. The van der Waals surface area contributed by atoms with Gasteiger partial charge in [-0.1, -0.05) is 35.9 Å². The van der Waals surface area contributed by atoms with Crippen LogP contribution in [0.2, 0.25) is 0 Å². The fourth-order valence-corrected chi connectivity index (χ4v) is 3.93. The molecule has 2 heterocycles. The summed E-state index contributed by atoms with van der Waals surface area (Å²) in [4.78, 5) is 26.9. The molecule has 0 radical (unpaired) electrons. The lowest BCUT2D eigenvalue weighted by atomic mass is 10.1. The fourth-order valence-electron chi connectivity index (χ4n) is 3.93. The molecule has 0 unspecified atom stereocenters. The number of benzene rings is 2. The number of anilines is 1. The lowest BCUT2D eigenvalue weighted by Gasteiger charge is -2.17. The van der Waals surface area contributed by atoms with Crippen molar-refractivity contribution in [3.8, 4) is 5.69 Å². The summed E-state index contributed by atoms with van der Waals surface area (Å²) in [7, 11) is 0. The summed E-state index contributed by atoms with van der Waals surface area (Å²) in [5, 5.41) is 7.65. The monoisotopic (exact) mass is 402 g/mol. The molecule has 154 valence electrons. The number of hydrogen-bond acceptors (Lipinski definition) is 3. The Morgan fingerprint density at radius 3 is 2.43 bits per heavy atom. The molecule has 30 heavy (non-hydrogen) atoms. The topological polar surface area (TPSA) is 67.2 Å². The molecule has 1 saturated heterocycles. The highest BCUT2D eigenvalue weighted by Crippen LogP contribution is 2.26. The standard InChI is InChI=1S/C24H26N4O2/c1-16-9-11-20(12-10-16)27-15-19(13-23(27)29)24(30)25-14-22-17(2)26-28(18(22)3)21-7-5-4-6-8-21/h4-12,19H,13-15H2,1-3H3,(H,25,30)/t19-/m1/s1. The lowest BCUT2D eigenvalue weighted by molar-refractivity contribution is -0.126. The van der Waals surface area contributed by atoms with Gasteiger partial charge in [0.25, 0.3) is 0 Å². The summed E-state index contributed by atoms with van der Waals surface area (Å²) in [6.45, 7) is 6.78. The summed E-state index contributed by atoms with van der Waals surface area (Å²) >= 11 is 0. The number of aromatic nitrogens is 2. The number of para-hydroxylation sites is 1. The van der Waals surface area contributed by atoms with Crippen molar-refractivity contribution < 1.29 is 9.59 Å². The van der Waals surface area contributed by atoms with Crippen molar-refractivity contribution in [1.82, 2.24) is 15.1 Å². The van der Waals surface area contributed by atoms with Gasteiger partial charge in [-0.25, -0.2) is 4.68 Å². The molecule has 6 heteroatoms. The van der Waals surface area contributed by atoms with Gasteiger partial charge >= 0.3 is 0 Å². The van der Waals surface area contributed by atoms with E-state index < -0.39 is 0 Å². The third-order valence-electron chi connectivity index (χ3n) is 5.72. The molecule has 0 saturated carbocycles. The molecule has 2 amide bonds. The van der Waals surface area contributed by atoms with E-state index in [1.54, 1.807) is 4.90 Å². The van der Waals surface area contributed by atoms with Crippen LogP contribution in [-0.2, 0) is 16.1 Å². The Labute approximate surface area is 176 Å². The number of aryl methyl sites for hydroxylation is 2. The minimum atomic E-state index is -0.344. The first-order chi connectivity index (χ1) is 14.4. The van der Waals surface area contributed by atoms with Crippen LogP contribution in [0.25, 0.3) is 5.69 Å². The van der Waals surface area contributed by atoms with Crippen molar-refractivity contribution in [3.63, 3.8) is 0 Å². The minimum absolute atomic E-state index is 0.0109. The Morgan fingerprint density at radius 1 is 1.03 bits per heavy atom. The first-order valence-corrected chi connectivity index (χ1v) is 10.2. The van der Waals surface area contributed by atoms with E-state index in [9.17, 15) is 9.59 Å². The van der Waals surface area contributed by atoms with E-state index in [4.69, 9.17) is 0 Å². The van der Waals surface area contributed by atoms with E-state index in [1.807, 2.05) is 80.1 Å². The molecule has 1 aromatic heterocycles. The van der Waals surface area contributed by atoms with E-state index in [1.165, 1.54) is 0 Å². The molecule has 1 atom stereocenters. The van der Waals surface area contributed by atoms with Crippen molar-refractivity contribution in [2.75, 3.05) is 11.4 Å². The maximum Gasteiger partial charge on any atom is 0.227 e. The Bertz CT molecular complexity index is 1070. The van der Waals surface area contributed by atoms with Gasteiger partial charge in [0.05, 0.1) is 17.3 Å². The number of nitrogens with zero attached hydrogens (tertiary/aromatic N) is 3. The van der Waals surface area contributed by atoms with Gasteiger partial charge in [-0.15, -0.1) is 0 Å². The normalized spacial score (nSPS) is 16.2. The van der Waals surface area contributed by atoms with Crippen LogP contribution in [0.3, 0.4) is 0 Å². The fraction of sp³-hybridized carbons (Fsp3) is 0.292. The highest BCUT2D eigenvalue weighted by atomic mass is 16.2. The van der Waals surface area contributed by atoms with Crippen molar-refractivity contribution in [1.29, 1.82) is 0 Å². The molecule has 0 aliphatic carbocycles. The quantitative estimate of drug-likeness (QED) is 0.711. The van der Waals surface area contributed by atoms with Crippen molar-refractivity contribution in [3.05, 3.63) is 77.1 Å². The average Bonchev–Trinajstić information content (AvgIpc) is 3.27. The van der Waals surface area contributed by atoms with Crippen LogP contribution >= 0.6 is 0 Å². The smallest absolute Gasteiger partial charge is 0.227 e. The zero-order chi connectivity index (χ0) is 21.3. The van der Waals surface area contributed by atoms with Crippen molar-refractivity contribution in [2.45, 2.75) is 33.7 Å². The third-order valence-corrected chi connectivity index (χ3v) is 5.72. The number of hydrogen-bond donors (Lipinski definition) is 1. The van der Waals surface area contributed by atoms with Gasteiger partial charge in [0, 0.05) is 36.5 Å². The summed E-state index contributed by atoms with van der Waals surface area (Å²) < 4.78 is 1.90. The number of carbonyl (C=O) groups excluding carboxylic acids is 2. The Balaban J connectivity index is 1.42. The number of nitrogens with one attached hydrogen (secondary N) is 1. The molecule has 1 N–H and O–H groups in total. The third kappa shape index (κ3) is 3.85. The van der Waals surface area contributed by atoms with Crippen LogP contribution < -0.4 is 10.2 Å². The first kappa shape index (κ1) is 19.9. The van der Waals surface area contributed by atoms with Gasteiger partial charge in [-0.05, 0) is 45.0 Å². The summed E-state index contributed by atoms with van der Waals surface area (Å²) in [6.07, 6.45) is 0.237. The second-order valence-corrected chi connectivity index (χ2v) is 7.86. The molecular weight excluding hydrogens is 376 g/mol. The minimum Gasteiger partial charge on any atom is -0.352 e. The van der Waals surface area contributed by atoms with Gasteiger partial charge in [0.15, 0.2) is 0 Å². The molecule has 0 spiro atoms. The number of carbonyl (C=O) groups is 2. The highest BCUT2D eigenvalue weighted by molar-refractivity contribution is 6.00. The zero-order valence-corrected chi connectivity index (χ0v) is 17.6. The predicted octanol–water partition coefficient (Wildman–Crippen LogP) is 3.47. The second kappa shape index (κ2) is 8.14. The van der Waals surface area contributed by atoms with Crippen LogP contribution in [0.15, 0.2) is 54.6 Å².